The van der Waals surface area contributed by atoms with Crippen molar-refractivity contribution in [3.8, 4) is 0 Å². The lowest BCUT2D eigenvalue weighted by Gasteiger charge is -2.25. The summed E-state index contributed by atoms with van der Waals surface area (Å²) in [6, 6.07) is 0. The first-order chi connectivity index (χ1) is 7.70. The molecule has 1 aliphatic rings. The van der Waals surface area contributed by atoms with Gasteiger partial charge in [0.25, 0.3) is 0 Å². The minimum Gasteiger partial charge on any atom is -0.481 e. The Labute approximate surface area is 103 Å². The second-order valence-corrected chi connectivity index (χ2v) is 7.27. The second kappa shape index (κ2) is 5.35. The number of hydrogen-bond acceptors (Lipinski definition) is 3. The highest BCUT2D eigenvalue weighted by molar-refractivity contribution is 7.89. The predicted octanol–water partition coefficient (Wildman–Crippen LogP) is 1.35. The average molecular weight is 263 g/mol. The molecule has 1 aliphatic carbocycles. The molecule has 0 spiro atoms. The van der Waals surface area contributed by atoms with Crippen molar-refractivity contribution in [3.63, 3.8) is 0 Å². The molecule has 0 unspecified atom stereocenters. The molecule has 5 nitrogen and oxygen atoms in total. The Morgan fingerprint density at radius 2 is 2.00 bits per heavy atom. The quantitative estimate of drug-likeness (QED) is 0.692. The topological polar surface area (TPSA) is 83.5 Å². The van der Waals surface area contributed by atoms with Crippen LogP contribution in [0.4, 0.5) is 0 Å². The Kier molecular flexibility index (Phi) is 4.55. The smallest absolute Gasteiger partial charge is 0.303 e. The molecule has 1 fully saturated rings. The maximum Gasteiger partial charge on any atom is 0.303 e. The summed E-state index contributed by atoms with van der Waals surface area (Å²) in [5.41, 5.74) is -0.694. The summed E-state index contributed by atoms with van der Waals surface area (Å²) in [4.78, 5) is 10.5. The van der Waals surface area contributed by atoms with Gasteiger partial charge < -0.3 is 5.11 Å². The number of carboxylic acid groups (broad SMARTS) is 1. The van der Waals surface area contributed by atoms with E-state index in [4.69, 9.17) is 5.11 Å². The molecule has 0 aromatic heterocycles. The standard InChI is InChI=1S/C11H21NO4S/c1-11(2,7-5-10(13)14)12-17(15,16)8-6-9-3-4-9/h9,12H,3-8H2,1-2H3,(H,13,14). The average Bonchev–Trinajstić information content (AvgIpc) is 2.94. The van der Waals surface area contributed by atoms with Crippen LogP contribution in [-0.2, 0) is 14.8 Å². The zero-order chi connectivity index (χ0) is 13.1. The molecule has 0 aromatic rings. The van der Waals surface area contributed by atoms with E-state index in [-0.39, 0.29) is 12.2 Å². The Hall–Kier alpha value is -0.620. The second-order valence-electron chi connectivity index (χ2n) is 5.43. The van der Waals surface area contributed by atoms with Crippen LogP contribution in [-0.4, -0.2) is 30.8 Å². The number of aliphatic carboxylic acids is 1. The van der Waals surface area contributed by atoms with Crippen molar-refractivity contribution in [2.75, 3.05) is 5.75 Å². The van der Waals surface area contributed by atoms with Crippen molar-refractivity contribution in [3.05, 3.63) is 0 Å². The van der Waals surface area contributed by atoms with E-state index in [1.165, 1.54) is 0 Å². The largest absolute Gasteiger partial charge is 0.481 e. The van der Waals surface area contributed by atoms with Crippen LogP contribution < -0.4 is 4.72 Å². The number of carboxylic acids is 1. The van der Waals surface area contributed by atoms with Gasteiger partial charge in [0.2, 0.25) is 10.0 Å². The van der Waals surface area contributed by atoms with Gasteiger partial charge in [-0.2, -0.15) is 0 Å². The molecular weight excluding hydrogens is 242 g/mol. The van der Waals surface area contributed by atoms with Crippen LogP contribution >= 0.6 is 0 Å². The maximum absolute atomic E-state index is 11.8. The lowest BCUT2D eigenvalue weighted by atomic mass is 10.0. The molecule has 100 valence electrons. The minimum absolute atomic E-state index is 0.0296. The third kappa shape index (κ3) is 6.63. The fraction of sp³-hybridized carbons (Fsp3) is 0.909. The van der Waals surface area contributed by atoms with Crippen LogP contribution in [0.3, 0.4) is 0 Å². The highest BCUT2D eigenvalue weighted by atomic mass is 32.2. The van der Waals surface area contributed by atoms with Gasteiger partial charge in [0, 0.05) is 12.0 Å². The molecular formula is C11H21NO4S. The van der Waals surface area contributed by atoms with Gasteiger partial charge in [-0.15, -0.1) is 0 Å². The molecule has 0 aliphatic heterocycles. The molecule has 2 N–H and O–H groups in total. The number of nitrogens with one attached hydrogen (secondary N) is 1. The minimum atomic E-state index is -3.29. The third-order valence-corrected chi connectivity index (χ3v) is 4.52. The SMILES string of the molecule is CC(C)(CCC(=O)O)NS(=O)(=O)CCC1CC1. The van der Waals surface area contributed by atoms with Crippen LogP contribution in [0.5, 0.6) is 0 Å². The van der Waals surface area contributed by atoms with E-state index in [1.807, 2.05) is 0 Å². The van der Waals surface area contributed by atoms with Gasteiger partial charge >= 0.3 is 5.97 Å². The van der Waals surface area contributed by atoms with E-state index < -0.39 is 21.5 Å². The van der Waals surface area contributed by atoms with E-state index in [1.54, 1.807) is 13.8 Å². The van der Waals surface area contributed by atoms with Gasteiger partial charge in [0.15, 0.2) is 0 Å². The molecule has 6 heteroatoms. The lowest BCUT2D eigenvalue weighted by molar-refractivity contribution is -0.137. The number of sulfonamides is 1. The van der Waals surface area contributed by atoms with Crippen LogP contribution in [0.2, 0.25) is 0 Å². The molecule has 1 saturated carbocycles. The number of carbonyl (C=O) groups is 1. The van der Waals surface area contributed by atoms with Crippen molar-refractivity contribution in [2.45, 2.75) is 51.5 Å². The number of rotatable bonds is 8. The van der Waals surface area contributed by atoms with Crippen molar-refractivity contribution in [1.82, 2.24) is 4.72 Å². The fourth-order valence-electron chi connectivity index (χ4n) is 1.67. The highest BCUT2D eigenvalue weighted by Crippen LogP contribution is 2.32. The van der Waals surface area contributed by atoms with Crippen molar-refractivity contribution in [1.29, 1.82) is 0 Å². The number of hydrogen-bond donors (Lipinski definition) is 2. The molecule has 0 atom stereocenters. The zero-order valence-electron chi connectivity index (χ0n) is 10.4. The van der Waals surface area contributed by atoms with E-state index in [9.17, 15) is 13.2 Å². The van der Waals surface area contributed by atoms with E-state index in [0.29, 0.717) is 18.8 Å². The molecule has 0 radical (unpaired) electrons. The van der Waals surface area contributed by atoms with Gasteiger partial charge in [-0.1, -0.05) is 12.8 Å². The summed E-state index contributed by atoms with van der Waals surface area (Å²) >= 11 is 0. The van der Waals surface area contributed by atoms with Gasteiger partial charge in [-0.05, 0) is 32.6 Å². The van der Waals surface area contributed by atoms with Gasteiger partial charge in [0.1, 0.15) is 0 Å². The van der Waals surface area contributed by atoms with Crippen LogP contribution in [0.25, 0.3) is 0 Å². The summed E-state index contributed by atoms with van der Waals surface area (Å²) in [7, 11) is -3.29. The monoisotopic (exact) mass is 263 g/mol. The molecule has 17 heavy (non-hydrogen) atoms. The Balaban J connectivity index is 2.39. The molecule has 0 bridgehead atoms. The first-order valence-corrected chi connectivity index (χ1v) is 7.59. The van der Waals surface area contributed by atoms with E-state index in [2.05, 4.69) is 4.72 Å². The summed E-state index contributed by atoms with van der Waals surface area (Å²) in [6.07, 6.45) is 3.25. The Morgan fingerprint density at radius 1 is 1.41 bits per heavy atom. The van der Waals surface area contributed by atoms with Crippen molar-refractivity contribution < 1.29 is 18.3 Å². The van der Waals surface area contributed by atoms with Crippen molar-refractivity contribution in [2.24, 2.45) is 5.92 Å². The Bertz CT molecular complexity index is 371. The van der Waals surface area contributed by atoms with Crippen LogP contribution in [0, 0.1) is 5.92 Å². The first-order valence-electron chi connectivity index (χ1n) is 5.94. The summed E-state index contributed by atoms with van der Waals surface area (Å²) in [5, 5.41) is 8.58. The Morgan fingerprint density at radius 3 is 2.47 bits per heavy atom. The summed E-state index contributed by atoms with van der Waals surface area (Å²) in [6.45, 7) is 3.43. The van der Waals surface area contributed by atoms with Gasteiger partial charge in [0.05, 0.1) is 5.75 Å². The maximum atomic E-state index is 11.8. The fourth-order valence-corrected chi connectivity index (χ4v) is 3.36. The molecule has 0 amide bonds. The van der Waals surface area contributed by atoms with E-state index in [0.717, 1.165) is 12.8 Å². The molecule has 0 aromatic carbocycles. The summed E-state index contributed by atoms with van der Waals surface area (Å²) in [5.74, 6) is -0.183. The predicted molar refractivity (Wildman–Crippen MR) is 65.2 cm³/mol. The van der Waals surface area contributed by atoms with Crippen molar-refractivity contribution >= 4 is 16.0 Å². The summed E-state index contributed by atoms with van der Waals surface area (Å²) < 4.78 is 26.1. The lowest BCUT2D eigenvalue weighted by Crippen LogP contribution is -2.44. The van der Waals surface area contributed by atoms with Crippen LogP contribution in [0.15, 0.2) is 0 Å². The first kappa shape index (κ1) is 14.4. The zero-order valence-corrected chi connectivity index (χ0v) is 11.2. The third-order valence-electron chi connectivity index (χ3n) is 2.89. The molecule has 0 saturated heterocycles. The van der Waals surface area contributed by atoms with Gasteiger partial charge in [-0.3, -0.25) is 4.79 Å². The highest BCUT2D eigenvalue weighted by Gasteiger charge is 2.28. The van der Waals surface area contributed by atoms with E-state index >= 15 is 0 Å². The molecule has 0 heterocycles. The van der Waals surface area contributed by atoms with Gasteiger partial charge in [-0.25, -0.2) is 13.1 Å². The normalized spacial score (nSPS) is 17.1. The van der Waals surface area contributed by atoms with Crippen LogP contribution in [0.1, 0.15) is 46.0 Å². The molecule has 1 rings (SSSR count).